The highest BCUT2D eigenvalue weighted by Crippen LogP contribution is 2.41. The summed E-state index contributed by atoms with van der Waals surface area (Å²) in [6, 6.07) is 0. The van der Waals surface area contributed by atoms with Crippen LogP contribution >= 0.6 is 0 Å². The number of rotatable bonds is 3. The van der Waals surface area contributed by atoms with E-state index in [1.807, 2.05) is 0 Å². The third-order valence-electron chi connectivity index (χ3n) is 5.12. The number of hydrogen-bond acceptors (Lipinski definition) is 0. The van der Waals surface area contributed by atoms with Crippen molar-refractivity contribution in [2.45, 2.75) is 64.7 Å². The van der Waals surface area contributed by atoms with E-state index in [-0.39, 0.29) is 0 Å². The molecule has 0 amide bonds. The molecule has 0 heteroatoms. The van der Waals surface area contributed by atoms with Gasteiger partial charge in [-0.3, -0.25) is 0 Å². The Labute approximate surface area is 102 Å². The van der Waals surface area contributed by atoms with Crippen molar-refractivity contribution in [3.63, 3.8) is 0 Å². The van der Waals surface area contributed by atoms with Crippen LogP contribution in [0, 0.1) is 23.7 Å². The van der Waals surface area contributed by atoms with E-state index in [4.69, 9.17) is 0 Å². The Balaban J connectivity index is 1.74. The van der Waals surface area contributed by atoms with Crippen molar-refractivity contribution in [1.82, 2.24) is 0 Å². The molecule has 92 valence electrons. The molecule has 0 spiro atoms. The Morgan fingerprint density at radius 3 is 1.88 bits per heavy atom. The van der Waals surface area contributed by atoms with Crippen molar-refractivity contribution in [3.8, 4) is 0 Å². The lowest BCUT2D eigenvalue weighted by Gasteiger charge is -2.37. The first-order valence-corrected chi connectivity index (χ1v) is 7.40. The summed E-state index contributed by atoms with van der Waals surface area (Å²) in [4.78, 5) is 0. The smallest absolute Gasteiger partial charge is 0.0325 e. The second-order valence-electron chi connectivity index (χ2n) is 6.33. The van der Waals surface area contributed by atoms with Crippen LogP contribution in [-0.4, -0.2) is 0 Å². The van der Waals surface area contributed by atoms with Crippen LogP contribution in [0.1, 0.15) is 64.7 Å². The van der Waals surface area contributed by atoms with E-state index < -0.39 is 0 Å². The van der Waals surface area contributed by atoms with Gasteiger partial charge in [-0.25, -0.2) is 0 Å². The fraction of sp³-hybridized carbons (Fsp3) is 0.875. The van der Waals surface area contributed by atoms with Gasteiger partial charge < -0.3 is 0 Å². The van der Waals surface area contributed by atoms with E-state index in [9.17, 15) is 0 Å². The van der Waals surface area contributed by atoms with Gasteiger partial charge >= 0.3 is 0 Å². The third kappa shape index (κ3) is 3.12. The molecule has 2 fully saturated rings. The molecule has 0 aromatic carbocycles. The van der Waals surface area contributed by atoms with Crippen LogP contribution in [0.3, 0.4) is 0 Å². The summed E-state index contributed by atoms with van der Waals surface area (Å²) in [5, 5.41) is 0. The fourth-order valence-electron chi connectivity index (χ4n) is 3.89. The molecule has 2 aliphatic rings. The maximum atomic E-state index is 3.87. The molecule has 0 aromatic rings. The molecule has 0 unspecified atom stereocenters. The van der Waals surface area contributed by atoms with Gasteiger partial charge in [0.05, 0.1) is 0 Å². The van der Waals surface area contributed by atoms with Crippen LogP contribution in [-0.2, 0) is 0 Å². The van der Waals surface area contributed by atoms with E-state index in [0.717, 1.165) is 23.7 Å². The Morgan fingerprint density at radius 2 is 1.38 bits per heavy atom. The van der Waals surface area contributed by atoms with Gasteiger partial charge in [0.2, 0.25) is 0 Å². The average Bonchev–Trinajstić information content (AvgIpc) is 2.32. The van der Waals surface area contributed by atoms with Crippen LogP contribution in [0.15, 0.2) is 12.7 Å². The molecular weight excluding hydrogens is 192 g/mol. The zero-order chi connectivity index (χ0) is 11.4. The standard InChI is InChI=1S/C16H28/c1-3-4-14-7-11-16(12-8-14)15-9-5-13(2)6-10-15/h3,13-16H,1,4-12H2,2H3. The van der Waals surface area contributed by atoms with Crippen LogP contribution in [0.2, 0.25) is 0 Å². The molecule has 0 aliphatic heterocycles. The van der Waals surface area contributed by atoms with Gasteiger partial charge in [0.1, 0.15) is 0 Å². The molecule has 0 bridgehead atoms. The third-order valence-corrected chi connectivity index (χ3v) is 5.12. The minimum atomic E-state index is 0.969. The normalized spacial score (nSPS) is 40.6. The second-order valence-corrected chi connectivity index (χ2v) is 6.33. The summed E-state index contributed by atoms with van der Waals surface area (Å²) in [5.41, 5.74) is 0. The average molecular weight is 220 g/mol. The molecule has 0 saturated heterocycles. The minimum Gasteiger partial charge on any atom is -0.103 e. The zero-order valence-electron chi connectivity index (χ0n) is 11.0. The topological polar surface area (TPSA) is 0 Å². The Kier molecular flexibility index (Phi) is 4.49. The Hall–Kier alpha value is -0.260. The molecule has 0 aromatic heterocycles. The molecule has 0 heterocycles. The molecule has 0 atom stereocenters. The van der Waals surface area contributed by atoms with E-state index in [0.29, 0.717) is 0 Å². The predicted octanol–water partition coefficient (Wildman–Crippen LogP) is 5.20. The molecule has 0 N–H and O–H groups in total. The quantitative estimate of drug-likeness (QED) is 0.574. The molecule has 2 rings (SSSR count). The largest absolute Gasteiger partial charge is 0.103 e. The van der Waals surface area contributed by atoms with Gasteiger partial charge in [0.25, 0.3) is 0 Å². The Morgan fingerprint density at radius 1 is 0.875 bits per heavy atom. The highest BCUT2D eigenvalue weighted by Gasteiger charge is 2.29. The molecule has 2 aliphatic carbocycles. The lowest BCUT2D eigenvalue weighted by molar-refractivity contribution is 0.151. The Bertz CT molecular complexity index is 202. The van der Waals surface area contributed by atoms with E-state index in [1.54, 1.807) is 0 Å². The van der Waals surface area contributed by atoms with Gasteiger partial charge in [-0.1, -0.05) is 25.8 Å². The van der Waals surface area contributed by atoms with E-state index >= 15 is 0 Å². The van der Waals surface area contributed by atoms with Gasteiger partial charge in [0.15, 0.2) is 0 Å². The predicted molar refractivity (Wildman–Crippen MR) is 71.4 cm³/mol. The van der Waals surface area contributed by atoms with Gasteiger partial charge in [-0.05, 0) is 68.6 Å². The van der Waals surface area contributed by atoms with Crippen LogP contribution in [0.5, 0.6) is 0 Å². The molecule has 2 saturated carbocycles. The molecular formula is C16H28. The number of allylic oxidation sites excluding steroid dienone is 1. The highest BCUT2D eigenvalue weighted by molar-refractivity contribution is 4.83. The van der Waals surface area contributed by atoms with Crippen molar-refractivity contribution < 1.29 is 0 Å². The summed E-state index contributed by atoms with van der Waals surface area (Å²) in [7, 11) is 0. The maximum absolute atomic E-state index is 3.87. The summed E-state index contributed by atoms with van der Waals surface area (Å²) in [6.45, 7) is 6.30. The highest BCUT2D eigenvalue weighted by atomic mass is 14.3. The van der Waals surface area contributed by atoms with Gasteiger partial charge in [0, 0.05) is 0 Å². The van der Waals surface area contributed by atoms with Gasteiger partial charge in [-0.15, -0.1) is 6.58 Å². The summed E-state index contributed by atoms with van der Waals surface area (Å²) >= 11 is 0. The first kappa shape index (κ1) is 12.2. The van der Waals surface area contributed by atoms with Gasteiger partial charge in [-0.2, -0.15) is 0 Å². The maximum Gasteiger partial charge on any atom is -0.0325 e. The van der Waals surface area contributed by atoms with Crippen LogP contribution in [0.25, 0.3) is 0 Å². The minimum absolute atomic E-state index is 0.969. The van der Waals surface area contributed by atoms with Crippen molar-refractivity contribution in [1.29, 1.82) is 0 Å². The van der Waals surface area contributed by atoms with Crippen LogP contribution < -0.4 is 0 Å². The lowest BCUT2D eigenvalue weighted by Crippen LogP contribution is -2.25. The number of hydrogen-bond donors (Lipinski definition) is 0. The summed E-state index contributed by atoms with van der Waals surface area (Å²) < 4.78 is 0. The fourth-order valence-corrected chi connectivity index (χ4v) is 3.89. The molecule has 0 radical (unpaired) electrons. The molecule has 16 heavy (non-hydrogen) atoms. The summed E-state index contributed by atoms with van der Waals surface area (Å²) in [5.74, 6) is 4.14. The monoisotopic (exact) mass is 220 g/mol. The summed E-state index contributed by atoms with van der Waals surface area (Å²) in [6.07, 6.45) is 15.4. The van der Waals surface area contributed by atoms with Crippen molar-refractivity contribution >= 4 is 0 Å². The first-order valence-electron chi connectivity index (χ1n) is 7.40. The molecule has 0 nitrogen and oxygen atoms in total. The van der Waals surface area contributed by atoms with E-state index in [1.165, 1.54) is 57.8 Å². The van der Waals surface area contributed by atoms with Crippen molar-refractivity contribution in [2.24, 2.45) is 23.7 Å². The lowest BCUT2D eigenvalue weighted by atomic mass is 9.69. The second kappa shape index (κ2) is 5.89. The first-order chi connectivity index (χ1) is 7.79. The van der Waals surface area contributed by atoms with Crippen molar-refractivity contribution in [3.05, 3.63) is 12.7 Å². The van der Waals surface area contributed by atoms with Crippen LogP contribution in [0.4, 0.5) is 0 Å². The zero-order valence-corrected chi connectivity index (χ0v) is 11.0. The van der Waals surface area contributed by atoms with Crippen molar-refractivity contribution in [2.75, 3.05) is 0 Å². The van der Waals surface area contributed by atoms with E-state index in [2.05, 4.69) is 19.6 Å². The SMILES string of the molecule is C=CCC1CCC(C2CCC(C)CC2)CC1.